The van der Waals surface area contributed by atoms with Crippen molar-refractivity contribution in [3.63, 3.8) is 0 Å². The molecule has 4 rings (SSSR count). The number of anilines is 2. The van der Waals surface area contributed by atoms with Crippen LogP contribution in [0.2, 0.25) is 0 Å². The summed E-state index contributed by atoms with van der Waals surface area (Å²) in [6.07, 6.45) is 0.121. The lowest BCUT2D eigenvalue weighted by Gasteiger charge is -2.19. The van der Waals surface area contributed by atoms with Crippen molar-refractivity contribution in [3.05, 3.63) is 70.6 Å². The Kier molecular flexibility index (Phi) is 5.53. The molecular weight excluding hydrogens is 396 g/mol. The van der Waals surface area contributed by atoms with Gasteiger partial charge >= 0.3 is 0 Å². The number of hydrogen-bond donors (Lipinski definition) is 2. The van der Waals surface area contributed by atoms with Crippen molar-refractivity contribution in [1.82, 2.24) is 9.97 Å². The molecule has 3 aromatic rings. The first-order valence-electron chi connectivity index (χ1n) is 9.87. The van der Waals surface area contributed by atoms with Crippen LogP contribution in [0.25, 0.3) is 11.4 Å². The fourth-order valence-electron chi connectivity index (χ4n) is 3.67. The highest BCUT2D eigenvalue weighted by atomic mass is 16.5. The standard InChI is InChI=1S/C23H22N4O4/c1-14-10-20(28)26-22(24-14)15-6-5-7-17(11-15)25-23(30)16-12-21(29)27(13-16)18-8-3-4-9-19(18)31-2/h3-11,16H,12-13H2,1-2H3,(H,25,30)(H,24,26,28). The maximum absolute atomic E-state index is 12.9. The van der Waals surface area contributed by atoms with Crippen LogP contribution in [0.3, 0.4) is 0 Å². The van der Waals surface area contributed by atoms with Gasteiger partial charge in [0.15, 0.2) is 0 Å². The zero-order chi connectivity index (χ0) is 22.0. The Labute approximate surface area is 178 Å². The Morgan fingerprint density at radius 3 is 2.74 bits per heavy atom. The second kappa shape index (κ2) is 8.43. The third-order valence-corrected chi connectivity index (χ3v) is 5.15. The number of nitrogens with zero attached hydrogens (tertiary/aromatic N) is 2. The first-order valence-corrected chi connectivity index (χ1v) is 9.87. The van der Waals surface area contributed by atoms with Gasteiger partial charge in [0.2, 0.25) is 11.8 Å². The molecule has 2 amide bonds. The first kappa shape index (κ1) is 20.3. The van der Waals surface area contributed by atoms with E-state index < -0.39 is 5.92 Å². The fourth-order valence-corrected chi connectivity index (χ4v) is 3.67. The second-order valence-electron chi connectivity index (χ2n) is 7.38. The lowest BCUT2D eigenvalue weighted by molar-refractivity contribution is -0.122. The van der Waals surface area contributed by atoms with Gasteiger partial charge in [-0.3, -0.25) is 14.4 Å². The van der Waals surface area contributed by atoms with Crippen LogP contribution < -0.4 is 20.5 Å². The van der Waals surface area contributed by atoms with Gasteiger partial charge in [-0.1, -0.05) is 24.3 Å². The molecule has 0 radical (unpaired) electrons. The number of hydrogen-bond acceptors (Lipinski definition) is 5. The number of aromatic amines is 1. The van der Waals surface area contributed by atoms with E-state index in [4.69, 9.17) is 4.74 Å². The highest BCUT2D eigenvalue weighted by molar-refractivity contribution is 6.04. The molecule has 31 heavy (non-hydrogen) atoms. The van der Waals surface area contributed by atoms with E-state index in [0.29, 0.717) is 34.2 Å². The molecule has 0 saturated carbocycles. The molecule has 1 atom stereocenters. The number of H-pyrrole nitrogens is 1. The molecule has 8 heteroatoms. The normalized spacial score (nSPS) is 15.7. The molecule has 0 bridgehead atoms. The summed E-state index contributed by atoms with van der Waals surface area (Å²) in [6.45, 7) is 2.02. The Morgan fingerprint density at radius 2 is 1.97 bits per heavy atom. The maximum atomic E-state index is 12.9. The van der Waals surface area contributed by atoms with Crippen molar-refractivity contribution in [2.75, 3.05) is 23.9 Å². The molecule has 0 spiro atoms. The lowest BCUT2D eigenvalue weighted by Crippen LogP contribution is -2.28. The Hall–Kier alpha value is -3.94. The number of carbonyl (C=O) groups excluding carboxylic acids is 2. The average Bonchev–Trinajstić information content (AvgIpc) is 3.15. The van der Waals surface area contributed by atoms with Gasteiger partial charge in [0.05, 0.1) is 18.7 Å². The quantitative estimate of drug-likeness (QED) is 0.663. The topological polar surface area (TPSA) is 104 Å². The zero-order valence-corrected chi connectivity index (χ0v) is 17.2. The molecule has 1 aliphatic rings. The molecule has 8 nitrogen and oxygen atoms in total. The van der Waals surface area contributed by atoms with Crippen LogP contribution in [0.4, 0.5) is 11.4 Å². The summed E-state index contributed by atoms with van der Waals surface area (Å²) in [5, 5.41) is 2.88. The van der Waals surface area contributed by atoms with Crippen molar-refractivity contribution in [3.8, 4) is 17.1 Å². The van der Waals surface area contributed by atoms with Crippen LogP contribution >= 0.6 is 0 Å². The molecule has 1 saturated heterocycles. The molecule has 2 N–H and O–H groups in total. The molecule has 2 aromatic carbocycles. The van der Waals surface area contributed by atoms with E-state index in [1.165, 1.54) is 6.07 Å². The number of carbonyl (C=O) groups is 2. The minimum atomic E-state index is -0.488. The monoisotopic (exact) mass is 418 g/mol. The van der Waals surface area contributed by atoms with Crippen LogP contribution in [0, 0.1) is 12.8 Å². The number of rotatable bonds is 5. The van der Waals surface area contributed by atoms with E-state index in [1.807, 2.05) is 12.1 Å². The summed E-state index contributed by atoms with van der Waals surface area (Å²) in [5.41, 5.74) is 2.26. The maximum Gasteiger partial charge on any atom is 0.251 e. The second-order valence-corrected chi connectivity index (χ2v) is 7.38. The molecular formula is C23H22N4O4. The van der Waals surface area contributed by atoms with Gasteiger partial charge in [0, 0.05) is 36.0 Å². The molecule has 158 valence electrons. The number of ether oxygens (including phenoxy) is 1. The summed E-state index contributed by atoms with van der Waals surface area (Å²) in [7, 11) is 1.55. The van der Waals surface area contributed by atoms with E-state index in [0.717, 1.165) is 0 Å². The van der Waals surface area contributed by atoms with Gasteiger partial charge in [-0.25, -0.2) is 4.98 Å². The van der Waals surface area contributed by atoms with Gasteiger partial charge in [-0.05, 0) is 31.2 Å². The van der Waals surface area contributed by atoms with Crippen LogP contribution in [-0.4, -0.2) is 35.4 Å². The van der Waals surface area contributed by atoms with E-state index in [1.54, 1.807) is 55.3 Å². The van der Waals surface area contributed by atoms with Crippen molar-refractivity contribution in [2.24, 2.45) is 5.92 Å². The number of methoxy groups -OCH3 is 1. The third-order valence-electron chi connectivity index (χ3n) is 5.15. The zero-order valence-electron chi connectivity index (χ0n) is 17.2. The van der Waals surface area contributed by atoms with Gasteiger partial charge in [0.1, 0.15) is 11.6 Å². The van der Waals surface area contributed by atoms with Crippen LogP contribution in [-0.2, 0) is 9.59 Å². The lowest BCUT2D eigenvalue weighted by atomic mass is 10.1. The Morgan fingerprint density at radius 1 is 1.16 bits per heavy atom. The molecule has 1 unspecified atom stereocenters. The number of aryl methyl sites for hydroxylation is 1. The van der Waals surface area contributed by atoms with Crippen molar-refractivity contribution >= 4 is 23.2 Å². The minimum absolute atomic E-state index is 0.121. The van der Waals surface area contributed by atoms with E-state index in [-0.39, 0.29) is 30.3 Å². The predicted octanol–water partition coefficient (Wildman–Crippen LogP) is 2.75. The summed E-state index contributed by atoms with van der Waals surface area (Å²) < 4.78 is 5.34. The predicted molar refractivity (Wildman–Crippen MR) is 117 cm³/mol. The Bertz CT molecular complexity index is 1200. The highest BCUT2D eigenvalue weighted by Gasteiger charge is 2.36. The van der Waals surface area contributed by atoms with Crippen molar-refractivity contribution in [1.29, 1.82) is 0 Å². The fraction of sp³-hybridized carbons (Fsp3) is 0.217. The summed E-state index contributed by atoms with van der Waals surface area (Å²) in [6, 6.07) is 15.7. The average molecular weight is 418 g/mol. The SMILES string of the molecule is COc1ccccc1N1CC(C(=O)Nc2cccc(-c3nc(C)cc(=O)[nH]3)c2)CC1=O. The number of amides is 2. The van der Waals surface area contributed by atoms with Crippen molar-refractivity contribution in [2.45, 2.75) is 13.3 Å². The summed E-state index contributed by atoms with van der Waals surface area (Å²) in [4.78, 5) is 45.8. The number of para-hydroxylation sites is 2. The molecule has 1 fully saturated rings. The minimum Gasteiger partial charge on any atom is -0.495 e. The largest absolute Gasteiger partial charge is 0.495 e. The van der Waals surface area contributed by atoms with Crippen LogP contribution in [0.1, 0.15) is 12.1 Å². The number of benzene rings is 2. The smallest absolute Gasteiger partial charge is 0.251 e. The third kappa shape index (κ3) is 4.32. The molecule has 1 aliphatic heterocycles. The van der Waals surface area contributed by atoms with E-state index >= 15 is 0 Å². The number of aromatic nitrogens is 2. The summed E-state index contributed by atoms with van der Waals surface area (Å²) >= 11 is 0. The van der Waals surface area contributed by atoms with Gasteiger partial charge in [0.25, 0.3) is 5.56 Å². The van der Waals surface area contributed by atoms with E-state index in [2.05, 4.69) is 15.3 Å². The van der Waals surface area contributed by atoms with Gasteiger partial charge in [-0.15, -0.1) is 0 Å². The Balaban J connectivity index is 1.50. The van der Waals surface area contributed by atoms with Crippen LogP contribution in [0.5, 0.6) is 5.75 Å². The highest BCUT2D eigenvalue weighted by Crippen LogP contribution is 2.33. The van der Waals surface area contributed by atoms with E-state index in [9.17, 15) is 14.4 Å². The molecule has 2 heterocycles. The van der Waals surface area contributed by atoms with Crippen molar-refractivity contribution < 1.29 is 14.3 Å². The first-order chi connectivity index (χ1) is 14.9. The van der Waals surface area contributed by atoms with Crippen LogP contribution in [0.15, 0.2) is 59.4 Å². The molecule has 0 aliphatic carbocycles. The summed E-state index contributed by atoms with van der Waals surface area (Å²) in [5.74, 6) is 0.162. The van der Waals surface area contributed by atoms with Gasteiger partial charge in [-0.2, -0.15) is 0 Å². The molecule has 1 aromatic heterocycles. The van der Waals surface area contributed by atoms with Gasteiger partial charge < -0.3 is 19.9 Å². The number of nitrogens with one attached hydrogen (secondary N) is 2.